The molecule has 0 aliphatic heterocycles. The van der Waals surface area contributed by atoms with E-state index in [1.165, 1.54) is 38.8 Å². The van der Waals surface area contributed by atoms with E-state index in [2.05, 4.69) is 20.5 Å². The molecule has 1 aliphatic carbocycles. The van der Waals surface area contributed by atoms with Gasteiger partial charge in [-0.25, -0.2) is 9.66 Å². The zero-order chi connectivity index (χ0) is 18.1. The van der Waals surface area contributed by atoms with Crippen molar-refractivity contribution in [2.75, 3.05) is 19.1 Å². The van der Waals surface area contributed by atoms with E-state index < -0.39 is 5.91 Å². The van der Waals surface area contributed by atoms with E-state index in [9.17, 15) is 9.59 Å². The van der Waals surface area contributed by atoms with E-state index in [4.69, 9.17) is 4.74 Å². The molecule has 0 atom stereocenters. The van der Waals surface area contributed by atoms with Crippen molar-refractivity contribution in [1.82, 2.24) is 24.3 Å². The number of hydrogen-bond acceptors (Lipinski definition) is 6. The number of methoxy groups -OCH3 is 1. The van der Waals surface area contributed by atoms with Crippen molar-refractivity contribution in [3.63, 3.8) is 0 Å². The number of carbonyl (C=O) groups excluding carboxylic acids is 1. The van der Waals surface area contributed by atoms with Crippen LogP contribution in [0.1, 0.15) is 43.8 Å². The minimum Gasteiger partial charge on any atom is -0.375 e. The summed E-state index contributed by atoms with van der Waals surface area (Å²) in [6, 6.07) is 1.72. The van der Waals surface area contributed by atoms with Crippen LogP contribution < -0.4 is 11.0 Å². The molecule has 0 spiro atoms. The van der Waals surface area contributed by atoms with Crippen LogP contribution in [0.5, 0.6) is 0 Å². The molecule has 3 aromatic rings. The van der Waals surface area contributed by atoms with Crippen molar-refractivity contribution in [2.45, 2.75) is 38.0 Å². The summed E-state index contributed by atoms with van der Waals surface area (Å²) in [7, 11) is 1.41. The topological polar surface area (TPSA) is 103 Å². The Bertz CT molecular complexity index is 1020. The Morgan fingerprint density at radius 1 is 1.35 bits per heavy atom. The van der Waals surface area contributed by atoms with Crippen LogP contribution in [0.4, 0.5) is 0 Å². The number of aromatic nitrogens is 5. The van der Waals surface area contributed by atoms with Gasteiger partial charge in [-0.1, -0.05) is 19.3 Å². The smallest absolute Gasteiger partial charge is 0.280 e. The lowest BCUT2D eigenvalue weighted by molar-refractivity contribution is -0.120. The van der Waals surface area contributed by atoms with Crippen molar-refractivity contribution < 1.29 is 9.53 Å². The Labute approximate surface area is 149 Å². The van der Waals surface area contributed by atoms with Gasteiger partial charge in [-0.05, 0) is 18.9 Å². The maximum Gasteiger partial charge on any atom is 0.280 e. The second-order valence-corrected chi connectivity index (χ2v) is 6.53. The SMILES string of the molecule is COCC(=O)Nn1ccc2c(cnc3nc(C4CCCCC4)nn32)c1=O. The molecule has 9 heteroatoms. The molecule has 0 aromatic carbocycles. The summed E-state index contributed by atoms with van der Waals surface area (Å²) in [6.45, 7) is -0.129. The molecular weight excluding hydrogens is 336 g/mol. The van der Waals surface area contributed by atoms with Gasteiger partial charge < -0.3 is 4.74 Å². The molecule has 9 nitrogen and oxygen atoms in total. The first kappa shape index (κ1) is 16.6. The molecule has 1 saturated carbocycles. The number of carbonyl (C=O) groups is 1. The maximum absolute atomic E-state index is 12.6. The number of hydrogen-bond donors (Lipinski definition) is 1. The van der Waals surface area contributed by atoms with Gasteiger partial charge in [-0.3, -0.25) is 15.0 Å². The van der Waals surface area contributed by atoms with Crippen molar-refractivity contribution in [1.29, 1.82) is 0 Å². The first-order valence-electron chi connectivity index (χ1n) is 8.73. The summed E-state index contributed by atoms with van der Waals surface area (Å²) in [4.78, 5) is 33.1. The number of fused-ring (bicyclic) bond motifs is 3. The zero-order valence-electron chi connectivity index (χ0n) is 14.5. The second kappa shape index (κ2) is 6.83. The van der Waals surface area contributed by atoms with Gasteiger partial charge in [0.25, 0.3) is 17.2 Å². The monoisotopic (exact) mass is 356 g/mol. The molecule has 1 aliphatic rings. The van der Waals surface area contributed by atoms with Crippen molar-refractivity contribution in [3.05, 3.63) is 34.6 Å². The number of rotatable bonds is 4. The molecule has 136 valence electrons. The number of nitrogens with zero attached hydrogens (tertiary/aromatic N) is 5. The molecular formula is C17H20N6O3. The van der Waals surface area contributed by atoms with E-state index in [1.54, 1.807) is 10.6 Å². The van der Waals surface area contributed by atoms with E-state index in [0.29, 0.717) is 22.6 Å². The predicted octanol–water partition coefficient (Wildman–Crippen LogP) is 1.20. The Morgan fingerprint density at radius 3 is 2.92 bits per heavy atom. The van der Waals surface area contributed by atoms with Gasteiger partial charge in [0.1, 0.15) is 6.61 Å². The highest BCUT2D eigenvalue weighted by Gasteiger charge is 2.21. The lowest BCUT2D eigenvalue weighted by atomic mass is 9.89. The maximum atomic E-state index is 12.6. The molecule has 0 bridgehead atoms. The average molecular weight is 356 g/mol. The fraction of sp³-hybridized carbons (Fsp3) is 0.471. The van der Waals surface area contributed by atoms with Gasteiger partial charge in [0.15, 0.2) is 5.82 Å². The van der Waals surface area contributed by atoms with Gasteiger partial charge in [-0.15, -0.1) is 5.10 Å². The van der Waals surface area contributed by atoms with Crippen molar-refractivity contribution >= 4 is 22.6 Å². The largest absolute Gasteiger partial charge is 0.375 e. The van der Waals surface area contributed by atoms with Crippen molar-refractivity contribution in [3.8, 4) is 0 Å². The molecule has 1 amide bonds. The summed E-state index contributed by atoms with van der Waals surface area (Å²) in [5, 5.41) is 4.97. The minimum absolute atomic E-state index is 0.129. The molecule has 3 aromatic heterocycles. The zero-order valence-corrected chi connectivity index (χ0v) is 14.5. The molecule has 26 heavy (non-hydrogen) atoms. The highest BCUT2D eigenvalue weighted by Crippen LogP contribution is 2.30. The van der Waals surface area contributed by atoms with E-state index in [1.807, 2.05) is 0 Å². The number of pyridine rings is 1. The first-order chi connectivity index (χ1) is 12.7. The minimum atomic E-state index is -0.414. The number of amides is 1. The summed E-state index contributed by atoms with van der Waals surface area (Å²) in [5.41, 5.74) is 2.71. The van der Waals surface area contributed by atoms with E-state index in [-0.39, 0.29) is 12.2 Å². The highest BCUT2D eigenvalue weighted by molar-refractivity contribution is 5.85. The van der Waals surface area contributed by atoms with Crippen LogP contribution in [0, 0.1) is 0 Å². The van der Waals surface area contributed by atoms with Gasteiger partial charge in [0.05, 0.1) is 10.9 Å². The first-order valence-corrected chi connectivity index (χ1v) is 8.73. The van der Waals surface area contributed by atoms with Crippen LogP contribution in [0.15, 0.2) is 23.3 Å². The Morgan fingerprint density at radius 2 is 2.15 bits per heavy atom. The second-order valence-electron chi connectivity index (χ2n) is 6.53. The summed E-state index contributed by atoms with van der Waals surface area (Å²) < 4.78 is 7.49. The van der Waals surface area contributed by atoms with Crippen LogP contribution in [0.3, 0.4) is 0 Å². The standard InChI is InChI=1S/C17H20N6O3/c1-26-10-14(24)20-22-8-7-13-12(16(22)25)9-18-17-19-15(21-23(13)17)11-5-3-2-4-6-11/h7-9,11H,2-6,10H2,1H3,(H,20,24). The molecule has 1 fully saturated rings. The van der Waals surface area contributed by atoms with Gasteiger partial charge in [0.2, 0.25) is 0 Å². The van der Waals surface area contributed by atoms with Gasteiger partial charge in [0, 0.05) is 25.4 Å². The number of nitrogens with one attached hydrogen (secondary N) is 1. The fourth-order valence-electron chi connectivity index (χ4n) is 3.45. The van der Waals surface area contributed by atoms with Gasteiger partial charge >= 0.3 is 0 Å². The Hall–Kier alpha value is -2.81. The molecule has 0 saturated heterocycles. The Kier molecular flexibility index (Phi) is 4.37. The third kappa shape index (κ3) is 2.94. The summed E-state index contributed by atoms with van der Waals surface area (Å²) in [5.74, 6) is 1.22. The van der Waals surface area contributed by atoms with Crippen LogP contribution in [0.2, 0.25) is 0 Å². The quantitative estimate of drug-likeness (QED) is 0.753. The third-order valence-corrected chi connectivity index (χ3v) is 4.74. The van der Waals surface area contributed by atoms with Gasteiger partial charge in [-0.2, -0.15) is 9.50 Å². The Balaban J connectivity index is 1.75. The molecule has 0 unspecified atom stereocenters. The molecule has 4 rings (SSSR count). The van der Waals surface area contributed by atoms with Crippen LogP contribution in [-0.4, -0.2) is 43.9 Å². The van der Waals surface area contributed by atoms with E-state index >= 15 is 0 Å². The molecule has 1 N–H and O–H groups in total. The van der Waals surface area contributed by atoms with E-state index in [0.717, 1.165) is 23.3 Å². The molecule has 0 radical (unpaired) electrons. The van der Waals surface area contributed by atoms with Crippen LogP contribution >= 0.6 is 0 Å². The van der Waals surface area contributed by atoms with Crippen LogP contribution in [-0.2, 0) is 9.53 Å². The van der Waals surface area contributed by atoms with Crippen LogP contribution in [0.25, 0.3) is 16.7 Å². The third-order valence-electron chi connectivity index (χ3n) is 4.74. The average Bonchev–Trinajstić information content (AvgIpc) is 3.09. The normalized spacial score (nSPS) is 15.6. The van der Waals surface area contributed by atoms with Crippen molar-refractivity contribution in [2.24, 2.45) is 0 Å². The number of ether oxygens (including phenoxy) is 1. The summed E-state index contributed by atoms with van der Waals surface area (Å²) in [6.07, 6.45) is 8.81. The fourth-order valence-corrected chi connectivity index (χ4v) is 3.45. The lowest BCUT2D eigenvalue weighted by Crippen LogP contribution is -2.34. The highest BCUT2D eigenvalue weighted by atomic mass is 16.5. The summed E-state index contributed by atoms with van der Waals surface area (Å²) >= 11 is 0. The lowest BCUT2D eigenvalue weighted by Gasteiger charge is -2.17. The molecule has 3 heterocycles. The predicted molar refractivity (Wildman–Crippen MR) is 94.6 cm³/mol.